The quantitative estimate of drug-likeness (QED) is 0.500. The minimum atomic E-state index is 0.137. The Hall–Kier alpha value is -1.56. The van der Waals surface area contributed by atoms with Crippen LogP contribution in [0.15, 0.2) is 41.3 Å². The topological polar surface area (TPSA) is 26.8 Å². The average molecular weight is 478 g/mol. The second-order valence-electron chi connectivity index (χ2n) is 8.30. The first-order valence-electron chi connectivity index (χ1n) is 10.9. The third kappa shape index (κ3) is 4.94. The van der Waals surface area contributed by atoms with Gasteiger partial charge in [0.25, 0.3) is 5.91 Å². The van der Waals surface area contributed by atoms with E-state index in [1.807, 2.05) is 23.1 Å². The van der Waals surface area contributed by atoms with Crippen molar-refractivity contribution in [2.75, 3.05) is 48.8 Å². The summed E-state index contributed by atoms with van der Waals surface area (Å²) in [6.45, 7) is 6.23. The molecule has 7 heteroatoms. The summed E-state index contributed by atoms with van der Waals surface area (Å²) in [4.78, 5) is 21.4. The standard InChI is InChI=1S/C24H29Cl2N3OS/c1-17-5-3-4-10-29(17)23-9-7-19(31-2)16-20(23)24(30)28-13-11-27(12-14-28)18-6-8-21(25)22(26)15-18/h6-9,15-17H,3-5,10-14H2,1-2H3. The molecule has 2 fully saturated rings. The summed E-state index contributed by atoms with van der Waals surface area (Å²) in [5, 5.41) is 1.12. The number of carbonyl (C=O) groups excluding carboxylic acids is 1. The molecule has 2 aromatic rings. The van der Waals surface area contributed by atoms with Gasteiger partial charge in [0, 0.05) is 55.0 Å². The molecule has 1 atom stereocenters. The number of anilines is 2. The Labute approximate surface area is 199 Å². The molecular weight excluding hydrogens is 449 g/mol. The molecule has 2 saturated heterocycles. The van der Waals surface area contributed by atoms with E-state index in [9.17, 15) is 4.79 Å². The Morgan fingerprint density at radius 2 is 1.74 bits per heavy atom. The molecule has 2 heterocycles. The second kappa shape index (κ2) is 9.93. The number of benzene rings is 2. The van der Waals surface area contributed by atoms with Crippen LogP contribution >= 0.6 is 35.0 Å². The molecule has 2 aliphatic heterocycles. The van der Waals surface area contributed by atoms with Crippen LogP contribution in [0.4, 0.5) is 11.4 Å². The molecule has 4 nitrogen and oxygen atoms in total. The fraction of sp³-hybridized carbons (Fsp3) is 0.458. The molecule has 2 aliphatic rings. The van der Waals surface area contributed by atoms with Crippen LogP contribution in [0, 0.1) is 0 Å². The molecule has 31 heavy (non-hydrogen) atoms. The molecule has 2 aromatic carbocycles. The van der Waals surface area contributed by atoms with Crippen molar-refractivity contribution in [2.45, 2.75) is 37.1 Å². The maximum absolute atomic E-state index is 13.6. The zero-order valence-corrected chi connectivity index (χ0v) is 20.4. The van der Waals surface area contributed by atoms with Crippen molar-refractivity contribution in [1.82, 2.24) is 4.90 Å². The fourth-order valence-corrected chi connectivity index (χ4v) is 5.27. The van der Waals surface area contributed by atoms with Crippen LogP contribution in [-0.2, 0) is 0 Å². The van der Waals surface area contributed by atoms with Gasteiger partial charge in [-0.05, 0) is 68.8 Å². The van der Waals surface area contributed by atoms with Crippen LogP contribution in [-0.4, -0.2) is 55.8 Å². The van der Waals surface area contributed by atoms with Crippen LogP contribution in [0.25, 0.3) is 0 Å². The number of piperazine rings is 1. The van der Waals surface area contributed by atoms with Gasteiger partial charge in [0.2, 0.25) is 0 Å². The Morgan fingerprint density at radius 1 is 0.968 bits per heavy atom. The van der Waals surface area contributed by atoms with E-state index < -0.39 is 0 Å². The van der Waals surface area contributed by atoms with Gasteiger partial charge in [0.1, 0.15) is 0 Å². The number of hydrogen-bond donors (Lipinski definition) is 0. The van der Waals surface area contributed by atoms with E-state index in [2.05, 4.69) is 41.2 Å². The van der Waals surface area contributed by atoms with E-state index in [1.54, 1.807) is 11.8 Å². The van der Waals surface area contributed by atoms with Gasteiger partial charge in [-0.3, -0.25) is 4.79 Å². The predicted octanol–water partition coefficient (Wildman–Crippen LogP) is 6.06. The molecular formula is C24H29Cl2N3OS. The lowest BCUT2D eigenvalue weighted by atomic mass is 10.0. The molecule has 0 N–H and O–H groups in total. The largest absolute Gasteiger partial charge is 0.368 e. The Morgan fingerprint density at radius 3 is 2.42 bits per heavy atom. The van der Waals surface area contributed by atoms with E-state index in [0.29, 0.717) is 29.2 Å². The molecule has 0 saturated carbocycles. The minimum absolute atomic E-state index is 0.137. The van der Waals surface area contributed by atoms with Crippen molar-refractivity contribution in [3.05, 3.63) is 52.0 Å². The summed E-state index contributed by atoms with van der Waals surface area (Å²) < 4.78 is 0. The van der Waals surface area contributed by atoms with Crippen LogP contribution in [0.3, 0.4) is 0 Å². The van der Waals surface area contributed by atoms with Crippen LogP contribution in [0.1, 0.15) is 36.5 Å². The molecule has 0 aromatic heterocycles. The number of piperidine rings is 1. The highest BCUT2D eigenvalue weighted by Gasteiger charge is 2.28. The predicted molar refractivity (Wildman–Crippen MR) is 133 cm³/mol. The van der Waals surface area contributed by atoms with Crippen molar-refractivity contribution in [3.63, 3.8) is 0 Å². The summed E-state index contributed by atoms with van der Waals surface area (Å²) in [6, 6.07) is 12.5. The van der Waals surface area contributed by atoms with Crippen LogP contribution < -0.4 is 9.80 Å². The van der Waals surface area contributed by atoms with Gasteiger partial charge < -0.3 is 14.7 Å². The minimum Gasteiger partial charge on any atom is -0.368 e. The van der Waals surface area contributed by atoms with E-state index in [1.165, 1.54) is 19.3 Å². The summed E-state index contributed by atoms with van der Waals surface area (Å²) in [7, 11) is 0. The van der Waals surface area contributed by atoms with Crippen molar-refractivity contribution in [3.8, 4) is 0 Å². The van der Waals surface area contributed by atoms with Crippen molar-refractivity contribution >= 4 is 52.2 Å². The number of nitrogens with zero attached hydrogens (tertiary/aromatic N) is 3. The molecule has 4 rings (SSSR count). The van der Waals surface area contributed by atoms with Gasteiger partial charge >= 0.3 is 0 Å². The lowest BCUT2D eigenvalue weighted by Gasteiger charge is -2.39. The Balaban J connectivity index is 1.52. The van der Waals surface area contributed by atoms with Crippen LogP contribution in [0.5, 0.6) is 0 Å². The number of rotatable bonds is 4. The van der Waals surface area contributed by atoms with Crippen molar-refractivity contribution in [2.24, 2.45) is 0 Å². The lowest BCUT2D eigenvalue weighted by Crippen LogP contribution is -2.49. The summed E-state index contributed by atoms with van der Waals surface area (Å²) >= 11 is 13.9. The molecule has 0 aliphatic carbocycles. The number of amides is 1. The van der Waals surface area contributed by atoms with E-state index >= 15 is 0 Å². The Kier molecular flexibility index (Phi) is 7.25. The summed E-state index contributed by atoms with van der Waals surface area (Å²) in [5.41, 5.74) is 2.97. The smallest absolute Gasteiger partial charge is 0.256 e. The molecule has 0 spiro atoms. The van der Waals surface area contributed by atoms with Crippen molar-refractivity contribution in [1.29, 1.82) is 0 Å². The van der Waals surface area contributed by atoms with Crippen LogP contribution in [0.2, 0.25) is 10.0 Å². The number of hydrogen-bond acceptors (Lipinski definition) is 4. The van der Waals surface area contributed by atoms with Gasteiger partial charge in [-0.1, -0.05) is 23.2 Å². The maximum atomic E-state index is 13.6. The summed E-state index contributed by atoms with van der Waals surface area (Å²) in [6.07, 6.45) is 5.69. The van der Waals surface area contributed by atoms with Gasteiger partial charge in [0.05, 0.1) is 15.6 Å². The normalized spacial score (nSPS) is 19.6. The van der Waals surface area contributed by atoms with E-state index in [4.69, 9.17) is 23.2 Å². The third-order valence-corrected chi connectivity index (χ3v) is 7.85. The molecule has 0 bridgehead atoms. The molecule has 1 unspecified atom stereocenters. The zero-order valence-electron chi connectivity index (χ0n) is 18.1. The lowest BCUT2D eigenvalue weighted by molar-refractivity contribution is 0.0747. The fourth-order valence-electron chi connectivity index (χ4n) is 4.54. The number of halogens is 2. The van der Waals surface area contributed by atoms with Gasteiger partial charge in [-0.2, -0.15) is 0 Å². The first-order chi connectivity index (χ1) is 15.0. The van der Waals surface area contributed by atoms with Gasteiger partial charge in [-0.15, -0.1) is 11.8 Å². The van der Waals surface area contributed by atoms with Crippen molar-refractivity contribution < 1.29 is 4.79 Å². The molecule has 0 radical (unpaired) electrons. The average Bonchev–Trinajstić information content (AvgIpc) is 2.80. The van der Waals surface area contributed by atoms with Gasteiger partial charge in [-0.25, -0.2) is 0 Å². The Bertz CT molecular complexity index is 946. The van der Waals surface area contributed by atoms with E-state index in [0.717, 1.165) is 41.5 Å². The molecule has 1 amide bonds. The first-order valence-corrected chi connectivity index (χ1v) is 12.9. The highest BCUT2D eigenvalue weighted by atomic mass is 35.5. The maximum Gasteiger partial charge on any atom is 0.256 e. The third-order valence-electron chi connectivity index (χ3n) is 6.38. The van der Waals surface area contributed by atoms with E-state index in [-0.39, 0.29) is 5.91 Å². The number of carbonyl (C=O) groups is 1. The first kappa shape index (κ1) is 22.6. The highest BCUT2D eigenvalue weighted by molar-refractivity contribution is 7.98. The monoisotopic (exact) mass is 477 g/mol. The van der Waals surface area contributed by atoms with Gasteiger partial charge in [0.15, 0.2) is 0 Å². The highest BCUT2D eigenvalue weighted by Crippen LogP contribution is 2.32. The molecule has 166 valence electrons. The summed E-state index contributed by atoms with van der Waals surface area (Å²) in [5.74, 6) is 0.137. The number of thioether (sulfide) groups is 1. The second-order valence-corrected chi connectivity index (χ2v) is 9.99. The SMILES string of the molecule is CSc1ccc(N2CCCCC2C)c(C(=O)N2CCN(c3ccc(Cl)c(Cl)c3)CC2)c1. The zero-order chi connectivity index (χ0) is 22.0.